The molecule has 1 aromatic heterocycles. The van der Waals surface area contributed by atoms with Crippen molar-refractivity contribution in [2.45, 2.75) is 11.4 Å². The zero-order valence-corrected chi connectivity index (χ0v) is 22.0. The molecule has 4 aromatic rings. The largest absolute Gasteiger partial charge is 0.381 e. The molecule has 39 heavy (non-hydrogen) atoms. The molecule has 0 bridgehead atoms. The first-order valence-electron chi connectivity index (χ1n) is 12.6. The van der Waals surface area contributed by atoms with E-state index in [1.165, 1.54) is 24.3 Å². The summed E-state index contributed by atoms with van der Waals surface area (Å²) >= 11 is 0. The zero-order chi connectivity index (χ0) is 27.1. The number of urea groups is 1. The van der Waals surface area contributed by atoms with Crippen LogP contribution in [0.15, 0.2) is 77.7 Å². The minimum Gasteiger partial charge on any atom is -0.381 e. The molecule has 0 aliphatic carbocycles. The van der Waals surface area contributed by atoms with Crippen LogP contribution in [0.4, 0.5) is 16.4 Å². The molecule has 1 saturated heterocycles. The summed E-state index contributed by atoms with van der Waals surface area (Å²) in [6.07, 6.45) is 0. The van der Waals surface area contributed by atoms with Crippen molar-refractivity contribution in [3.05, 3.63) is 78.4 Å². The molecule has 1 aliphatic rings. The minimum atomic E-state index is -4.05. The van der Waals surface area contributed by atoms with Crippen molar-refractivity contribution >= 4 is 38.8 Å². The van der Waals surface area contributed by atoms with Crippen LogP contribution in [0.3, 0.4) is 0 Å². The Labute approximate surface area is 226 Å². The Morgan fingerprint density at radius 2 is 1.79 bits per heavy atom. The number of nitrogens with zero attached hydrogens (tertiary/aromatic N) is 2. The van der Waals surface area contributed by atoms with Crippen LogP contribution in [-0.4, -0.2) is 68.7 Å². The van der Waals surface area contributed by atoms with Crippen molar-refractivity contribution in [2.75, 3.05) is 50.0 Å². The molecule has 0 spiro atoms. The molecule has 2 amide bonds. The van der Waals surface area contributed by atoms with Gasteiger partial charge in [-0.05, 0) is 42.0 Å². The van der Waals surface area contributed by atoms with Gasteiger partial charge in [0.15, 0.2) is 0 Å². The number of morpholine rings is 1. The molecule has 0 saturated carbocycles. The normalized spacial score (nSPS) is 14.2. The smallest absolute Gasteiger partial charge is 0.339 e. The summed E-state index contributed by atoms with van der Waals surface area (Å²) in [7, 11) is -4.05. The van der Waals surface area contributed by atoms with E-state index < -0.39 is 10.1 Å². The fourth-order valence-corrected chi connectivity index (χ4v) is 5.04. The molecule has 1 aliphatic heterocycles. The number of aromatic nitrogens is 2. The van der Waals surface area contributed by atoms with Gasteiger partial charge in [0.05, 0.1) is 24.2 Å². The van der Waals surface area contributed by atoms with E-state index in [0.717, 1.165) is 30.9 Å². The van der Waals surface area contributed by atoms with Crippen LogP contribution in [0.2, 0.25) is 0 Å². The SMILES string of the molecule is O=C(NCCN1CCOCC1)Nc1nc2ccc(OS(=O)(=O)c3ccc(NCc4ccccc4)cc3)cc2[nH]1. The molecule has 0 unspecified atom stereocenters. The number of anilines is 2. The summed E-state index contributed by atoms with van der Waals surface area (Å²) in [5.41, 5.74) is 2.99. The second-order valence-corrected chi connectivity index (χ2v) is 10.5. The molecule has 0 radical (unpaired) electrons. The Morgan fingerprint density at radius 3 is 2.56 bits per heavy atom. The third-order valence-electron chi connectivity index (χ3n) is 6.19. The number of H-pyrrole nitrogens is 1. The maximum Gasteiger partial charge on any atom is 0.339 e. The summed E-state index contributed by atoms with van der Waals surface area (Å²) < 4.78 is 36.4. The summed E-state index contributed by atoms with van der Waals surface area (Å²) in [5, 5.41) is 8.73. The predicted molar refractivity (Wildman–Crippen MR) is 148 cm³/mol. The van der Waals surface area contributed by atoms with E-state index in [4.69, 9.17) is 8.92 Å². The van der Waals surface area contributed by atoms with Crippen molar-refractivity contribution in [1.82, 2.24) is 20.2 Å². The van der Waals surface area contributed by atoms with Crippen molar-refractivity contribution < 1.29 is 22.1 Å². The van der Waals surface area contributed by atoms with Gasteiger partial charge in [-0.3, -0.25) is 10.2 Å². The number of fused-ring (bicyclic) bond motifs is 1. The fraction of sp³-hybridized carbons (Fsp3) is 0.259. The number of aromatic amines is 1. The van der Waals surface area contributed by atoms with Crippen LogP contribution in [0.5, 0.6) is 5.75 Å². The van der Waals surface area contributed by atoms with E-state index in [2.05, 4.69) is 30.8 Å². The van der Waals surface area contributed by atoms with Gasteiger partial charge in [0.1, 0.15) is 10.6 Å². The molecule has 2 heterocycles. The second kappa shape index (κ2) is 12.2. The first-order chi connectivity index (χ1) is 18.9. The van der Waals surface area contributed by atoms with Crippen LogP contribution >= 0.6 is 0 Å². The first-order valence-corrected chi connectivity index (χ1v) is 14.0. The molecule has 4 N–H and O–H groups in total. The van der Waals surface area contributed by atoms with Gasteiger partial charge in [-0.15, -0.1) is 0 Å². The Kier molecular flexibility index (Phi) is 8.25. The highest BCUT2D eigenvalue weighted by Gasteiger charge is 2.18. The van der Waals surface area contributed by atoms with Crippen molar-refractivity contribution in [2.24, 2.45) is 0 Å². The van der Waals surface area contributed by atoms with Gasteiger partial charge in [-0.25, -0.2) is 9.78 Å². The third kappa shape index (κ3) is 7.25. The standard InChI is InChI=1S/C27H30N6O5S/c34-27(28-12-13-33-14-16-37-17-15-33)32-26-30-24-11-8-22(18-25(24)31-26)38-39(35,36)23-9-6-21(7-10-23)29-19-20-4-2-1-3-5-20/h1-11,18,29H,12-17,19H2,(H3,28,30,31,32,34). The lowest BCUT2D eigenvalue weighted by Gasteiger charge is -2.26. The van der Waals surface area contributed by atoms with E-state index >= 15 is 0 Å². The van der Waals surface area contributed by atoms with Gasteiger partial charge in [0.2, 0.25) is 5.95 Å². The third-order valence-corrected chi connectivity index (χ3v) is 7.45. The number of hydrogen-bond donors (Lipinski definition) is 4. The van der Waals surface area contributed by atoms with Crippen molar-refractivity contribution in [3.63, 3.8) is 0 Å². The van der Waals surface area contributed by atoms with Crippen molar-refractivity contribution in [3.8, 4) is 5.75 Å². The van der Waals surface area contributed by atoms with E-state index in [0.29, 0.717) is 37.3 Å². The molecule has 12 heteroatoms. The van der Waals surface area contributed by atoms with Crippen LogP contribution in [-0.2, 0) is 21.4 Å². The van der Waals surface area contributed by atoms with Crippen LogP contribution in [0.1, 0.15) is 5.56 Å². The zero-order valence-electron chi connectivity index (χ0n) is 21.2. The second-order valence-electron chi connectivity index (χ2n) is 9.00. The Morgan fingerprint density at radius 1 is 1.03 bits per heavy atom. The number of benzene rings is 3. The number of carbonyl (C=O) groups excluding carboxylic acids is 1. The van der Waals surface area contributed by atoms with Gasteiger partial charge >= 0.3 is 16.1 Å². The van der Waals surface area contributed by atoms with Gasteiger partial charge in [0.25, 0.3) is 0 Å². The number of carbonyl (C=O) groups is 1. The predicted octanol–water partition coefficient (Wildman–Crippen LogP) is 3.40. The quantitative estimate of drug-likeness (QED) is 0.221. The molecular weight excluding hydrogens is 520 g/mol. The summed E-state index contributed by atoms with van der Waals surface area (Å²) in [5.74, 6) is 0.367. The fourth-order valence-electron chi connectivity index (χ4n) is 4.12. The molecule has 5 rings (SSSR count). The number of imidazole rings is 1. The molecule has 0 atom stereocenters. The lowest BCUT2D eigenvalue weighted by Crippen LogP contribution is -2.42. The average molecular weight is 551 g/mol. The molecule has 1 fully saturated rings. The molecular formula is C27H30N6O5S. The molecule has 11 nitrogen and oxygen atoms in total. The van der Waals surface area contributed by atoms with Crippen LogP contribution in [0.25, 0.3) is 11.0 Å². The summed E-state index contributed by atoms with van der Waals surface area (Å²) in [6, 6.07) is 20.6. The van der Waals surface area contributed by atoms with Gasteiger partial charge < -0.3 is 24.5 Å². The number of hydrogen-bond acceptors (Lipinski definition) is 8. The Balaban J connectivity index is 1.15. The number of nitrogens with one attached hydrogen (secondary N) is 4. The van der Waals surface area contributed by atoms with Gasteiger partial charge in [0, 0.05) is 44.5 Å². The van der Waals surface area contributed by atoms with Gasteiger partial charge in [-0.1, -0.05) is 30.3 Å². The highest BCUT2D eigenvalue weighted by molar-refractivity contribution is 7.87. The summed E-state index contributed by atoms with van der Waals surface area (Å²) in [4.78, 5) is 21.8. The number of ether oxygens (including phenoxy) is 1. The molecule has 3 aromatic carbocycles. The summed E-state index contributed by atoms with van der Waals surface area (Å²) in [6.45, 7) is 4.97. The monoisotopic (exact) mass is 550 g/mol. The van der Waals surface area contributed by atoms with Crippen LogP contribution in [0, 0.1) is 0 Å². The Bertz CT molecular complexity index is 1500. The topological polar surface area (TPSA) is 138 Å². The van der Waals surface area contributed by atoms with Gasteiger partial charge in [-0.2, -0.15) is 8.42 Å². The minimum absolute atomic E-state index is 0.0357. The van der Waals surface area contributed by atoms with Crippen molar-refractivity contribution in [1.29, 1.82) is 0 Å². The maximum atomic E-state index is 12.8. The lowest BCUT2D eigenvalue weighted by atomic mass is 10.2. The van der Waals surface area contributed by atoms with Crippen LogP contribution < -0.4 is 20.1 Å². The first kappa shape index (κ1) is 26.5. The average Bonchev–Trinajstić information content (AvgIpc) is 3.34. The van der Waals surface area contributed by atoms with E-state index in [9.17, 15) is 13.2 Å². The molecule has 204 valence electrons. The number of rotatable bonds is 10. The number of amides is 2. The highest BCUT2D eigenvalue weighted by Crippen LogP contribution is 2.24. The highest BCUT2D eigenvalue weighted by atomic mass is 32.2. The van der Waals surface area contributed by atoms with E-state index in [1.807, 2.05) is 30.3 Å². The lowest BCUT2D eigenvalue weighted by molar-refractivity contribution is 0.0388. The maximum absolute atomic E-state index is 12.8. The Hall–Kier alpha value is -4.13. The van der Waals surface area contributed by atoms with E-state index in [1.54, 1.807) is 18.2 Å². The van der Waals surface area contributed by atoms with E-state index in [-0.39, 0.29) is 22.6 Å².